The molecule has 0 saturated carbocycles. The van der Waals surface area contributed by atoms with Gasteiger partial charge in [-0.25, -0.2) is 0 Å². The van der Waals surface area contributed by atoms with Crippen molar-refractivity contribution in [2.75, 3.05) is 38.5 Å². The highest BCUT2D eigenvalue weighted by Crippen LogP contribution is 2.31. The van der Waals surface area contributed by atoms with Crippen LogP contribution >= 0.6 is 0 Å². The Morgan fingerprint density at radius 3 is 2.89 bits per heavy atom. The third kappa shape index (κ3) is 5.33. The number of nitrogens with zero attached hydrogens (tertiary/aromatic N) is 4. The van der Waals surface area contributed by atoms with Crippen molar-refractivity contribution in [3.05, 3.63) is 88.9 Å². The topological polar surface area (TPSA) is 71.0 Å². The quantitative estimate of drug-likeness (QED) is 0.368. The lowest BCUT2D eigenvalue weighted by Gasteiger charge is -2.20. The predicted octanol–water partition coefficient (Wildman–Crippen LogP) is 5.79. The van der Waals surface area contributed by atoms with E-state index in [9.17, 15) is 5.26 Å². The Hall–Kier alpha value is -3.92. The zero-order chi connectivity index (χ0) is 24.9. The van der Waals surface area contributed by atoms with Gasteiger partial charge in [0.25, 0.3) is 0 Å². The highest BCUT2D eigenvalue weighted by atomic mass is 15.2. The summed E-state index contributed by atoms with van der Waals surface area (Å²) in [7, 11) is 2.20. The van der Waals surface area contributed by atoms with Gasteiger partial charge in [0.1, 0.15) is 6.07 Å². The summed E-state index contributed by atoms with van der Waals surface area (Å²) in [5.41, 5.74) is 7.83. The summed E-state index contributed by atoms with van der Waals surface area (Å²) in [6, 6.07) is 17.2. The molecule has 3 heterocycles. The highest BCUT2D eigenvalue weighted by Gasteiger charge is 2.13. The monoisotopic (exact) mass is 476 g/mol. The summed E-state index contributed by atoms with van der Waals surface area (Å²) in [6.45, 7) is 7.59. The number of pyridine rings is 1. The maximum Gasteiger partial charge on any atom is 0.103 e. The van der Waals surface area contributed by atoms with Gasteiger partial charge in [-0.05, 0) is 68.4 Å². The normalized spacial score (nSPS) is 15.2. The van der Waals surface area contributed by atoms with Gasteiger partial charge in [-0.2, -0.15) is 5.26 Å². The van der Waals surface area contributed by atoms with Crippen molar-refractivity contribution < 1.29 is 0 Å². The Labute approximate surface area is 212 Å². The van der Waals surface area contributed by atoms with Gasteiger partial charge in [-0.1, -0.05) is 36.4 Å². The molecule has 5 rings (SSSR count). The van der Waals surface area contributed by atoms with Crippen LogP contribution in [-0.4, -0.2) is 53.0 Å². The number of likely N-dealkylation sites (N-methyl/N-ethyl adjacent to an activating group) is 1. The fraction of sp³-hybridized carbons (Fsp3) is 0.267. The third-order valence-electron chi connectivity index (χ3n) is 6.98. The number of hydrogen-bond donors (Lipinski definition) is 2. The van der Waals surface area contributed by atoms with Crippen LogP contribution < -0.4 is 5.32 Å². The molecule has 0 bridgehead atoms. The van der Waals surface area contributed by atoms with Gasteiger partial charge < -0.3 is 15.2 Å². The van der Waals surface area contributed by atoms with E-state index in [1.807, 2.05) is 18.3 Å². The van der Waals surface area contributed by atoms with E-state index in [0.717, 1.165) is 65.1 Å². The van der Waals surface area contributed by atoms with Crippen LogP contribution in [0.15, 0.2) is 61.1 Å². The number of H-pyrrole nitrogens is 1. The van der Waals surface area contributed by atoms with Crippen molar-refractivity contribution in [1.82, 2.24) is 19.8 Å². The summed E-state index contributed by atoms with van der Waals surface area (Å²) in [6.07, 6.45) is 10.7. The molecule has 0 spiro atoms. The zero-order valence-corrected chi connectivity index (χ0v) is 21.0. The molecule has 6 nitrogen and oxygen atoms in total. The molecular weight excluding hydrogens is 444 g/mol. The molecule has 0 aliphatic carbocycles. The van der Waals surface area contributed by atoms with Gasteiger partial charge in [-0.3, -0.25) is 9.88 Å². The van der Waals surface area contributed by atoms with E-state index in [4.69, 9.17) is 0 Å². The Morgan fingerprint density at radius 2 is 2.00 bits per heavy atom. The van der Waals surface area contributed by atoms with Crippen molar-refractivity contribution in [2.24, 2.45) is 0 Å². The summed E-state index contributed by atoms with van der Waals surface area (Å²) in [4.78, 5) is 12.5. The standard InChI is InChI=1S/C30H32N6/c1-22-27-11-12-33-29(27)10-9-28(22)34-30-25(19-32-20-26(30)18-31)8-7-23-5-3-6-24(17-23)21-36-14-4-13-35(2)15-16-36/h3,5-12,17,19-20,33H,4,13-16,21H2,1-2H3,(H,32,34)/b8-7+. The number of nitrogens with one attached hydrogen (secondary N) is 2. The first-order chi connectivity index (χ1) is 17.6. The van der Waals surface area contributed by atoms with Crippen molar-refractivity contribution in [1.29, 1.82) is 5.26 Å². The van der Waals surface area contributed by atoms with Gasteiger partial charge >= 0.3 is 0 Å². The minimum absolute atomic E-state index is 0.519. The fourth-order valence-electron chi connectivity index (χ4n) is 4.88. The van der Waals surface area contributed by atoms with E-state index < -0.39 is 0 Å². The molecular formula is C30H32N6. The number of anilines is 2. The van der Waals surface area contributed by atoms with E-state index in [1.54, 1.807) is 12.4 Å². The Morgan fingerprint density at radius 1 is 1.08 bits per heavy atom. The molecule has 0 atom stereocenters. The molecule has 182 valence electrons. The van der Waals surface area contributed by atoms with E-state index >= 15 is 0 Å². The van der Waals surface area contributed by atoms with Crippen LogP contribution in [0.25, 0.3) is 23.1 Å². The van der Waals surface area contributed by atoms with Crippen molar-refractivity contribution in [3.8, 4) is 6.07 Å². The second kappa shape index (κ2) is 10.8. The van der Waals surface area contributed by atoms with Gasteiger partial charge in [0.15, 0.2) is 0 Å². The second-order valence-corrected chi connectivity index (χ2v) is 9.58. The molecule has 1 saturated heterocycles. The molecule has 1 aliphatic rings. The first kappa shape index (κ1) is 23.8. The number of rotatable bonds is 6. The maximum atomic E-state index is 9.78. The molecule has 1 aliphatic heterocycles. The molecule has 2 N–H and O–H groups in total. The predicted molar refractivity (Wildman–Crippen MR) is 148 cm³/mol. The smallest absolute Gasteiger partial charge is 0.103 e. The third-order valence-corrected chi connectivity index (χ3v) is 6.98. The minimum Gasteiger partial charge on any atom is -0.361 e. The van der Waals surface area contributed by atoms with Crippen LogP contribution in [0.1, 0.15) is 34.2 Å². The SMILES string of the molecule is Cc1c(Nc2c(C#N)cncc2/C=C/c2cccc(CN3CCCN(C)CC3)c2)ccc2[nH]ccc12. The van der Waals surface area contributed by atoms with Crippen LogP contribution in [0.2, 0.25) is 0 Å². The van der Waals surface area contributed by atoms with Crippen molar-refractivity contribution in [3.63, 3.8) is 0 Å². The molecule has 36 heavy (non-hydrogen) atoms. The lowest BCUT2D eigenvalue weighted by Crippen LogP contribution is -2.28. The van der Waals surface area contributed by atoms with Crippen LogP contribution in [-0.2, 0) is 6.54 Å². The lowest BCUT2D eigenvalue weighted by molar-refractivity contribution is 0.269. The Balaban J connectivity index is 1.38. The first-order valence-corrected chi connectivity index (χ1v) is 12.5. The van der Waals surface area contributed by atoms with E-state index in [2.05, 4.69) is 87.6 Å². The van der Waals surface area contributed by atoms with Crippen LogP contribution in [0.5, 0.6) is 0 Å². The van der Waals surface area contributed by atoms with E-state index in [1.165, 1.54) is 18.5 Å². The average Bonchev–Trinajstić information content (AvgIpc) is 3.29. The van der Waals surface area contributed by atoms with Crippen LogP contribution in [0.3, 0.4) is 0 Å². The highest BCUT2D eigenvalue weighted by molar-refractivity contribution is 5.90. The second-order valence-electron chi connectivity index (χ2n) is 9.58. The summed E-state index contributed by atoms with van der Waals surface area (Å²) in [5, 5.41) is 14.5. The largest absolute Gasteiger partial charge is 0.361 e. The maximum absolute atomic E-state index is 9.78. The first-order valence-electron chi connectivity index (χ1n) is 12.5. The van der Waals surface area contributed by atoms with Crippen molar-refractivity contribution in [2.45, 2.75) is 19.9 Å². The van der Waals surface area contributed by atoms with Gasteiger partial charge in [0, 0.05) is 60.4 Å². The lowest BCUT2D eigenvalue weighted by atomic mass is 10.1. The Bertz CT molecular complexity index is 1430. The number of hydrogen-bond acceptors (Lipinski definition) is 5. The molecule has 2 aromatic heterocycles. The summed E-state index contributed by atoms with van der Waals surface area (Å²) in [5.74, 6) is 0. The molecule has 0 amide bonds. The minimum atomic E-state index is 0.519. The molecule has 6 heteroatoms. The number of aromatic amines is 1. The number of aryl methyl sites for hydroxylation is 1. The van der Waals surface area contributed by atoms with Gasteiger partial charge in [-0.15, -0.1) is 0 Å². The van der Waals surface area contributed by atoms with E-state index in [-0.39, 0.29) is 0 Å². The fourth-order valence-corrected chi connectivity index (χ4v) is 4.88. The zero-order valence-electron chi connectivity index (χ0n) is 21.0. The number of nitriles is 1. The van der Waals surface area contributed by atoms with E-state index in [0.29, 0.717) is 5.56 Å². The molecule has 4 aromatic rings. The number of benzene rings is 2. The molecule has 0 radical (unpaired) electrons. The molecule has 2 aromatic carbocycles. The van der Waals surface area contributed by atoms with Crippen LogP contribution in [0.4, 0.5) is 11.4 Å². The van der Waals surface area contributed by atoms with Crippen LogP contribution in [0, 0.1) is 18.3 Å². The van der Waals surface area contributed by atoms with Gasteiger partial charge in [0.2, 0.25) is 0 Å². The van der Waals surface area contributed by atoms with Gasteiger partial charge in [0.05, 0.1) is 11.3 Å². The summed E-state index contributed by atoms with van der Waals surface area (Å²) < 4.78 is 0. The summed E-state index contributed by atoms with van der Waals surface area (Å²) >= 11 is 0. The molecule has 1 fully saturated rings. The number of fused-ring (bicyclic) bond motifs is 1. The Kier molecular flexibility index (Phi) is 7.13. The average molecular weight is 477 g/mol. The van der Waals surface area contributed by atoms with Crippen molar-refractivity contribution >= 4 is 34.4 Å². The number of aromatic nitrogens is 2. The molecule has 0 unspecified atom stereocenters.